The molecule has 0 amide bonds. The normalized spacial score (nSPS) is 9.92. The minimum Gasteiger partial charge on any atom is -0.481 e. The molecule has 0 aromatic carbocycles. The van der Waals surface area contributed by atoms with E-state index >= 15 is 0 Å². The summed E-state index contributed by atoms with van der Waals surface area (Å²) in [6.07, 6.45) is 2.79. The van der Waals surface area contributed by atoms with Gasteiger partial charge in [0.1, 0.15) is 0 Å². The van der Waals surface area contributed by atoms with E-state index in [1.165, 1.54) is 13.5 Å². The molecule has 0 bridgehead atoms. The maximum absolute atomic E-state index is 4.92. The predicted octanol–water partition coefficient (Wildman–Crippen LogP) is 0.535. The molecule has 2 heterocycles. The van der Waals surface area contributed by atoms with Crippen LogP contribution in [0.3, 0.4) is 0 Å². The van der Waals surface area contributed by atoms with Gasteiger partial charge in [-0.15, -0.1) is 0 Å². The molecule has 0 atom stereocenters. The number of rotatable bonds is 2. The Kier molecular flexibility index (Phi) is 1.87. The number of hydrogen-bond acceptors (Lipinski definition) is 6. The third-order valence-electron chi connectivity index (χ3n) is 1.40. The number of nitrogens with zero attached hydrogens (tertiary/aromatic N) is 4. The van der Waals surface area contributed by atoms with Gasteiger partial charge < -0.3 is 9.26 Å². The molecule has 2 rings (SSSR count). The largest absolute Gasteiger partial charge is 0.481 e. The Morgan fingerprint density at radius 3 is 2.92 bits per heavy atom. The lowest BCUT2D eigenvalue weighted by atomic mass is 10.5. The molecular formula is C7H6N4O2. The predicted molar refractivity (Wildman–Crippen MR) is 41.9 cm³/mol. The van der Waals surface area contributed by atoms with Crippen molar-refractivity contribution in [2.45, 2.75) is 0 Å². The van der Waals surface area contributed by atoms with Crippen molar-refractivity contribution in [3.8, 4) is 17.5 Å². The van der Waals surface area contributed by atoms with E-state index in [9.17, 15) is 0 Å². The minimum absolute atomic E-state index is 0.346. The fraction of sp³-hybridized carbons (Fsp3) is 0.143. The van der Waals surface area contributed by atoms with Gasteiger partial charge in [-0.3, -0.25) is 0 Å². The van der Waals surface area contributed by atoms with Crippen LogP contribution < -0.4 is 4.74 Å². The molecule has 2 aromatic rings. The Bertz CT molecular complexity index is 387. The van der Waals surface area contributed by atoms with Gasteiger partial charge in [-0.05, 0) is 0 Å². The van der Waals surface area contributed by atoms with Crippen molar-refractivity contribution >= 4 is 0 Å². The van der Waals surface area contributed by atoms with Crippen molar-refractivity contribution in [2.75, 3.05) is 7.11 Å². The SMILES string of the molecule is COc1ccnc(-c2ncon2)n1. The van der Waals surface area contributed by atoms with Gasteiger partial charge in [0.15, 0.2) is 0 Å². The fourth-order valence-electron chi connectivity index (χ4n) is 0.833. The number of hydrogen-bond donors (Lipinski definition) is 0. The first-order chi connectivity index (χ1) is 6.40. The molecule has 6 nitrogen and oxygen atoms in total. The van der Waals surface area contributed by atoms with Crippen molar-refractivity contribution in [1.82, 2.24) is 20.1 Å². The summed E-state index contributed by atoms with van der Waals surface area (Å²) in [5.41, 5.74) is 0. The summed E-state index contributed by atoms with van der Waals surface area (Å²) in [7, 11) is 1.53. The van der Waals surface area contributed by atoms with E-state index in [-0.39, 0.29) is 0 Å². The van der Waals surface area contributed by atoms with Crippen molar-refractivity contribution in [3.63, 3.8) is 0 Å². The quantitative estimate of drug-likeness (QED) is 0.667. The van der Waals surface area contributed by atoms with E-state index in [1.54, 1.807) is 12.3 Å². The first-order valence-electron chi connectivity index (χ1n) is 3.54. The molecule has 0 saturated heterocycles. The summed E-state index contributed by atoms with van der Waals surface area (Å²) >= 11 is 0. The molecule has 0 unspecified atom stereocenters. The second kappa shape index (κ2) is 3.18. The van der Waals surface area contributed by atoms with E-state index in [0.717, 1.165) is 0 Å². The van der Waals surface area contributed by atoms with Crippen molar-refractivity contribution in [1.29, 1.82) is 0 Å². The van der Waals surface area contributed by atoms with Crippen LogP contribution in [0.4, 0.5) is 0 Å². The van der Waals surface area contributed by atoms with Crippen LogP contribution in [0, 0.1) is 0 Å². The first-order valence-corrected chi connectivity index (χ1v) is 3.54. The number of ether oxygens (including phenoxy) is 1. The summed E-state index contributed by atoms with van der Waals surface area (Å²) in [5.74, 6) is 1.20. The molecule has 0 aliphatic rings. The van der Waals surface area contributed by atoms with Gasteiger partial charge in [-0.25, -0.2) is 4.98 Å². The van der Waals surface area contributed by atoms with Gasteiger partial charge >= 0.3 is 0 Å². The van der Waals surface area contributed by atoms with E-state index < -0.39 is 0 Å². The zero-order valence-electron chi connectivity index (χ0n) is 6.84. The summed E-state index contributed by atoms with van der Waals surface area (Å²) in [6, 6.07) is 1.64. The van der Waals surface area contributed by atoms with Crippen molar-refractivity contribution < 1.29 is 9.26 Å². The highest BCUT2D eigenvalue weighted by Crippen LogP contribution is 2.11. The lowest BCUT2D eigenvalue weighted by Gasteiger charge is -1.97. The Hall–Kier alpha value is -1.98. The minimum atomic E-state index is 0.346. The van der Waals surface area contributed by atoms with Gasteiger partial charge in [0.2, 0.25) is 23.9 Å². The third kappa shape index (κ3) is 1.46. The third-order valence-corrected chi connectivity index (χ3v) is 1.40. The van der Waals surface area contributed by atoms with Crippen LogP contribution in [0.25, 0.3) is 11.6 Å². The van der Waals surface area contributed by atoms with Crippen molar-refractivity contribution in [3.05, 3.63) is 18.7 Å². The summed E-state index contributed by atoms with van der Waals surface area (Å²) in [5, 5.41) is 3.60. The molecule has 6 heteroatoms. The summed E-state index contributed by atoms with van der Waals surface area (Å²) < 4.78 is 9.48. The highest BCUT2D eigenvalue weighted by atomic mass is 16.5. The zero-order valence-corrected chi connectivity index (χ0v) is 6.84. The van der Waals surface area contributed by atoms with Crippen molar-refractivity contribution in [2.24, 2.45) is 0 Å². The monoisotopic (exact) mass is 178 g/mol. The Morgan fingerprint density at radius 1 is 1.31 bits per heavy atom. The fourth-order valence-corrected chi connectivity index (χ4v) is 0.833. The van der Waals surface area contributed by atoms with Crippen LogP contribution in [0.2, 0.25) is 0 Å². The van der Waals surface area contributed by atoms with Crippen LogP contribution in [-0.4, -0.2) is 27.2 Å². The average molecular weight is 178 g/mol. The maximum atomic E-state index is 4.92. The Morgan fingerprint density at radius 2 is 2.23 bits per heavy atom. The van der Waals surface area contributed by atoms with E-state index in [1.807, 2.05) is 0 Å². The molecule has 13 heavy (non-hydrogen) atoms. The lowest BCUT2D eigenvalue weighted by Crippen LogP contribution is -1.93. The van der Waals surface area contributed by atoms with E-state index in [0.29, 0.717) is 17.5 Å². The highest BCUT2D eigenvalue weighted by molar-refractivity contribution is 5.41. The molecule has 0 saturated carbocycles. The van der Waals surface area contributed by atoms with Gasteiger partial charge in [-0.2, -0.15) is 9.97 Å². The molecular weight excluding hydrogens is 172 g/mol. The van der Waals surface area contributed by atoms with Gasteiger partial charge in [0.25, 0.3) is 0 Å². The molecule has 0 fully saturated rings. The number of aromatic nitrogens is 4. The topological polar surface area (TPSA) is 73.9 Å². The van der Waals surface area contributed by atoms with Crippen LogP contribution in [0.1, 0.15) is 0 Å². The molecule has 2 aromatic heterocycles. The molecule has 0 radical (unpaired) electrons. The number of methoxy groups -OCH3 is 1. The summed E-state index contributed by atoms with van der Waals surface area (Å²) in [4.78, 5) is 11.8. The van der Waals surface area contributed by atoms with E-state index in [4.69, 9.17) is 4.74 Å². The van der Waals surface area contributed by atoms with Gasteiger partial charge in [-0.1, -0.05) is 5.16 Å². The zero-order chi connectivity index (χ0) is 9.10. The summed E-state index contributed by atoms with van der Waals surface area (Å²) in [6.45, 7) is 0. The lowest BCUT2D eigenvalue weighted by molar-refractivity contribution is 0.396. The van der Waals surface area contributed by atoms with Gasteiger partial charge in [0.05, 0.1) is 7.11 Å². The van der Waals surface area contributed by atoms with E-state index in [2.05, 4.69) is 24.6 Å². The highest BCUT2D eigenvalue weighted by Gasteiger charge is 2.06. The second-order valence-electron chi connectivity index (χ2n) is 2.18. The van der Waals surface area contributed by atoms with Gasteiger partial charge in [0, 0.05) is 12.3 Å². The standard InChI is InChI=1S/C7H6N4O2/c1-12-5-2-3-8-6(10-5)7-9-4-13-11-7/h2-4H,1H3. The second-order valence-corrected chi connectivity index (χ2v) is 2.18. The van der Waals surface area contributed by atoms with Crippen LogP contribution in [0.5, 0.6) is 5.88 Å². The van der Waals surface area contributed by atoms with Crippen LogP contribution >= 0.6 is 0 Å². The first kappa shape index (κ1) is 7.66. The molecule has 0 aliphatic carbocycles. The molecule has 0 N–H and O–H groups in total. The van der Waals surface area contributed by atoms with Crippen LogP contribution in [-0.2, 0) is 0 Å². The maximum Gasteiger partial charge on any atom is 0.240 e. The molecule has 0 aliphatic heterocycles. The smallest absolute Gasteiger partial charge is 0.240 e. The Balaban J connectivity index is 2.41. The Labute approximate surface area is 73.6 Å². The molecule has 66 valence electrons. The average Bonchev–Trinajstić information content (AvgIpc) is 2.71. The molecule has 0 spiro atoms. The van der Waals surface area contributed by atoms with Crippen LogP contribution in [0.15, 0.2) is 23.2 Å².